The predicted molar refractivity (Wildman–Crippen MR) is 144 cm³/mol. The summed E-state index contributed by atoms with van der Waals surface area (Å²) in [6, 6.07) is 19.8. The van der Waals surface area contributed by atoms with Crippen molar-refractivity contribution >= 4 is 28.4 Å². The zero-order valence-electron chi connectivity index (χ0n) is 21.2. The first-order valence-electron chi connectivity index (χ1n) is 12.4. The number of ether oxygens (including phenoxy) is 3. The van der Waals surface area contributed by atoms with Crippen LogP contribution >= 0.6 is 11.6 Å². The number of fused-ring (bicyclic) bond motifs is 1. The summed E-state index contributed by atoms with van der Waals surface area (Å²) in [6.07, 6.45) is 1.41. The van der Waals surface area contributed by atoms with Gasteiger partial charge in [0.1, 0.15) is 23.3 Å². The van der Waals surface area contributed by atoms with Crippen LogP contribution in [0, 0.1) is 17.7 Å². The highest BCUT2D eigenvalue weighted by Crippen LogP contribution is 2.41. The maximum atomic E-state index is 14.8. The fourth-order valence-corrected chi connectivity index (χ4v) is 4.91. The van der Waals surface area contributed by atoms with E-state index in [0.29, 0.717) is 29.6 Å². The molecule has 1 aliphatic rings. The van der Waals surface area contributed by atoms with Gasteiger partial charge in [-0.15, -0.1) is 0 Å². The smallest absolute Gasteiger partial charge is 0.223 e. The maximum absolute atomic E-state index is 14.8. The number of hydrogen-bond acceptors (Lipinski definition) is 5. The fourth-order valence-electron chi connectivity index (χ4n) is 4.68. The summed E-state index contributed by atoms with van der Waals surface area (Å²) in [5.41, 5.74) is 3.31. The van der Waals surface area contributed by atoms with Crippen LogP contribution in [-0.4, -0.2) is 25.1 Å². The summed E-state index contributed by atoms with van der Waals surface area (Å²) in [6.45, 7) is 0.538. The highest BCUT2D eigenvalue weighted by Gasteiger charge is 2.42. The first kappa shape index (κ1) is 25.8. The van der Waals surface area contributed by atoms with Gasteiger partial charge in [0.15, 0.2) is 11.6 Å². The van der Waals surface area contributed by atoms with Gasteiger partial charge in [-0.25, -0.2) is 9.37 Å². The molecule has 1 aliphatic carbocycles. The normalized spacial score (nSPS) is 16.2. The summed E-state index contributed by atoms with van der Waals surface area (Å²) in [7, 11) is 3.18. The van der Waals surface area contributed by atoms with Crippen molar-refractivity contribution < 1.29 is 23.4 Å². The average molecular weight is 535 g/mol. The van der Waals surface area contributed by atoms with Crippen molar-refractivity contribution in [3.63, 3.8) is 0 Å². The minimum absolute atomic E-state index is 0.00321. The molecule has 8 heteroatoms. The van der Waals surface area contributed by atoms with Crippen LogP contribution in [-0.2, 0) is 24.4 Å². The average Bonchev–Trinajstić information content (AvgIpc) is 3.70. The molecule has 0 spiro atoms. The largest absolute Gasteiger partial charge is 0.497 e. The summed E-state index contributed by atoms with van der Waals surface area (Å²) >= 11 is 6.14. The number of hydrogen-bond donors (Lipinski definition) is 1. The number of amides is 1. The lowest BCUT2D eigenvalue weighted by molar-refractivity contribution is -0.122. The van der Waals surface area contributed by atoms with Gasteiger partial charge in [0, 0.05) is 35.0 Å². The molecule has 0 saturated heterocycles. The van der Waals surface area contributed by atoms with Crippen LogP contribution in [0.3, 0.4) is 0 Å². The molecule has 3 aromatic carbocycles. The zero-order valence-corrected chi connectivity index (χ0v) is 21.9. The van der Waals surface area contributed by atoms with E-state index >= 15 is 0 Å². The SMILES string of the molecule is COc1ccc(CNC(=O)C2CC2Cc2ccc(OCc3cc(Cl)nc4ccccc34)c(F)c2)c(OC)c1. The lowest BCUT2D eigenvalue weighted by Gasteiger charge is -2.12. The van der Waals surface area contributed by atoms with Crippen LogP contribution in [0.25, 0.3) is 10.9 Å². The second-order valence-corrected chi connectivity index (χ2v) is 9.76. The molecule has 2 unspecified atom stereocenters. The molecule has 1 N–H and O–H groups in total. The number of carbonyl (C=O) groups is 1. The molecule has 1 fully saturated rings. The lowest BCUT2D eigenvalue weighted by atomic mass is 10.1. The van der Waals surface area contributed by atoms with Crippen molar-refractivity contribution in [1.82, 2.24) is 10.3 Å². The van der Waals surface area contributed by atoms with Gasteiger partial charge in [0.2, 0.25) is 5.91 Å². The van der Waals surface area contributed by atoms with Crippen LogP contribution < -0.4 is 19.5 Å². The van der Waals surface area contributed by atoms with Gasteiger partial charge >= 0.3 is 0 Å². The van der Waals surface area contributed by atoms with Gasteiger partial charge in [0.25, 0.3) is 0 Å². The number of rotatable bonds is 10. The molecular weight excluding hydrogens is 507 g/mol. The molecule has 0 aliphatic heterocycles. The van der Waals surface area contributed by atoms with Crippen LogP contribution in [0.1, 0.15) is 23.1 Å². The van der Waals surface area contributed by atoms with E-state index in [1.165, 1.54) is 6.07 Å². The van der Waals surface area contributed by atoms with Gasteiger partial charge in [-0.1, -0.05) is 35.9 Å². The van der Waals surface area contributed by atoms with E-state index in [0.717, 1.165) is 34.0 Å². The zero-order chi connectivity index (χ0) is 26.6. The molecule has 1 amide bonds. The van der Waals surface area contributed by atoms with Crippen molar-refractivity contribution in [3.8, 4) is 17.2 Å². The van der Waals surface area contributed by atoms with Gasteiger partial charge in [0.05, 0.1) is 19.7 Å². The summed E-state index contributed by atoms with van der Waals surface area (Å²) < 4.78 is 31.2. The number of halogens is 2. The maximum Gasteiger partial charge on any atom is 0.223 e. The Morgan fingerprint density at radius 2 is 1.87 bits per heavy atom. The molecular formula is C30H28ClFN2O4. The summed E-state index contributed by atoms with van der Waals surface area (Å²) in [5.74, 6) is 1.20. The van der Waals surface area contributed by atoms with Crippen molar-refractivity contribution in [2.45, 2.75) is 26.0 Å². The highest BCUT2D eigenvalue weighted by atomic mass is 35.5. The number of pyridine rings is 1. The first-order valence-corrected chi connectivity index (χ1v) is 12.8. The minimum atomic E-state index is -0.430. The quantitative estimate of drug-likeness (QED) is 0.248. The monoisotopic (exact) mass is 534 g/mol. The number of methoxy groups -OCH3 is 2. The Kier molecular flexibility index (Phi) is 7.65. The number of carbonyl (C=O) groups excluding carboxylic acids is 1. The van der Waals surface area contributed by atoms with Crippen LogP contribution in [0.15, 0.2) is 66.7 Å². The molecule has 0 bridgehead atoms. The molecule has 196 valence electrons. The van der Waals surface area contributed by atoms with Crippen molar-refractivity contribution in [1.29, 1.82) is 0 Å². The number of aromatic nitrogens is 1. The third-order valence-corrected chi connectivity index (χ3v) is 7.05. The lowest BCUT2D eigenvalue weighted by Crippen LogP contribution is -2.25. The molecule has 2 atom stereocenters. The second kappa shape index (κ2) is 11.3. The molecule has 1 heterocycles. The van der Waals surface area contributed by atoms with Crippen molar-refractivity contribution in [2.75, 3.05) is 14.2 Å². The van der Waals surface area contributed by atoms with Gasteiger partial charge in [-0.05, 0) is 60.7 Å². The first-order chi connectivity index (χ1) is 18.4. The topological polar surface area (TPSA) is 69.7 Å². The Bertz CT molecular complexity index is 1480. The van der Waals surface area contributed by atoms with Crippen LogP contribution in [0.2, 0.25) is 5.15 Å². The number of para-hydroxylation sites is 1. The van der Waals surface area contributed by atoms with Crippen molar-refractivity contribution in [2.24, 2.45) is 11.8 Å². The van der Waals surface area contributed by atoms with E-state index in [1.54, 1.807) is 32.4 Å². The Balaban J connectivity index is 1.15. The Morgan fingerprint density at radius 3 is 2.66 bits per heavy atom. The number of benzene rings is 3. The number of nitrogens with one attached hydrogen (secondary N) is 1. The molecule has 1 saturated carbocycles. The molecule has 6 nitrogen and oxygen atoms in total. The molecule has 1 aromatic heterocycles. The summed E-state index contributed by atoms with van der Waals surface area (Å²) in [4.78, 5) is 17.0. The van der Waals surface area contributed by atoms with E-state index in [4.69, 9.17) is 25.8 Å². The van der Waals surface area contributed by atoms with Gasteiger partial charge in [-0.2, -0.15) is 0 Å². The van der Waals surface area contributed by atoms with E-state index < -0.39 is 5.82 Å². The van der Waals surface area contributed by atoms with E-state index in [-0.39, 0.29) is 30.1 Å². The van der Waals surface area contributed by atoms with Gasteiger partial charge < -0.3 is 19.5 Å². The molecule has 0 radical (unpaired) electrons. The van der Waals surface area contributed by atoms with Crippen LogP contribution in [0.5, 0.6) is 17.2 Å². The molecule has 5 rings (SSSR count). The predicted octanol–water partition coefficient (Wildman–Crippen LogP) is 6.12. The Morgan fingerprint density at radius 1 is 1.03 bits per heavy atom. The fraction of sp³-hybridized carbons (Fsp3) is 0.267. The number of nitrogens with zero attached hydrogens (tertiary/aromatic N) is 1. The highest BCUT2D eigenvalue weighted by molar-refractivity contribution is 6.29. The standard InChI is InChI=1S/C30H28ClFN2O4/c1-36-22-9-8-19(28(15-22)37-2)16-33-30(35)24-13-20(24)11-18-7-10-27(25(32)12-18)38-17-21-14-29(31)34-26-6-4-3-5-23(21)26/h3-10,12,14-15,20,24H,11,13,16-17H2,1-2H3,(H,33,35). The van der Waals surface area contributed by atoms with Gasteiger partial charge in [-0.3, -0.25) is 4.79 Å². The van der Waals surface area contributed by atoms with Crippen LogP contribution in [0.4, 0.5) is 4.39 Å². The minimum Gasteiger partial charge on any atom is -0.497 e. The Hall–Kier alpha value is -3.84. The van der Waals surface area contributed by atoms with Crippen molar-refractivity contribution in [3.05, 3.63) is 94.4 Å². The van der Waals surface area contributed by atoms with E-state index in [9.17, 15) is 9.18 Å². The third kappa shape index (κ3) is 5.83. The summed E-state index contributed by atoms with van der Waals surface area (Å²) in [5, 5.41) is 4.27. The third-order valence-electron chi connectivity index (χ3n) is 6.85. The second-order valence-electron chi connectivity index (χ2n) is 9.38. The molecule has 4 aromatic rings. The molecule has 38 heavy (non-hydrogen) atoms. The van der Waals surface area contributed by atoms with E-state index in [2.05, 4.69) is 10.3 Å². The van der Waals surface area contributed by atoms with E-state index in [1.807, 2.05) is 42.5 Å². The Labute approximate surface area is 225 Å².